The van der Waals surface area contributed by atoms with E-state index in [1.54, 1.807) is 56.1 Å². The molecule has 11 heteroatoms. The lowest BCUT2D eigenvalue weighted by atomic mass is 10.1. The Morgan fingerprint density at radius 2 is 1.89 bits per heavy atom. The first-order valence-electron chi connectivity index (χ1n) is 11.7. The monoisotopic (exact) mass is 525 g/mol. The molecule has 37 heavy (non-hydrogen) atoms. The fourth-order valence-electron chi connectivity index (χ4n) is 4.48. The minimum Gasteiger partial charge on any atom is -0.443 e. The lowest BCUT2D eigenvalue weighted by Crippen LogP contribution is -2.44. The molecule has 1 aliphatic heterocycles. The van der Waals surface area contributed by atoms with Crippen LogP contribution in [0.15, 0.2) is 47.8 Å². The second kappa shape index (κ2) is 8.88. The molecule has 4 heterocycles. The normalized spacial score (nSPS) is 13.8. The third-order valence-electron chi connectivity index (χ3n) is 6.13. The number of hydrogen-bond acceptors (Lipinski definition) is 5. The van der Waals surface area contributed by atoms with E-state index >= 15 is 4.39 Å². The van der Waals surface area contributed by atoms with E-state index in [1.165, 1.54) is 26.3 Å². The molecule has 192 valence electrons. The van der Waals surface area contributed by atoms with Gasteiger partial charge in [0.25, 0.3) is 11.5 Å². The molecular formula is C26H25ClFN5O4. The summed E-state index contributed by atoms with van der Waals surface area (Å²) in [7, 11) is 0. The number of carbonyl (C=O) groups excluding carboxylic acids is 2. The summed E-state index contributed by atoms with van der Waals surface area (Å²) in [6.07, 6.45) is 4.09. The van der Waals surface area contributed by atoms with Crippen LogP contribution in [0.5, 0.6) is 0 Å². The van der Waals surface area contributed by atoms with Gasteiger partial charge in [0.15, 0.2) is 5.82 Å². The van der Waals surface area contributed by atoms with Crippen LogP contribution >= 0.6 is 11.6 Å². The second-order valence-electron chi connectivity index (χ2n) is 9.97. The predicted octanol–water partition coefficient (Wildman–Crippen LogP) is 4.53. The summed E-state index contributed by atoms with van der Waals surface area (Å²) in [6.45, 7) is 7.53. The predicted molar refractivity (Wildman–Crippen MR) is 136 cm³/mol. The van der Waals surface area contributed by atoms with Crippen molar-refractivity contribution in [3.63, 3.8) is 0 Å². The summed E-state index contributed by atoms with van der Waals surface area (Å²) >= 11 is 6.05. The topological polar surface area (TPSA) is 91.4 Å². The zero-order valence-electron chi connectivity index (χ0n) is 20.8. The van der Waals surface area contributed by atoms with E-state index in [-0.39, 0.29) is 52.7 Å². The minimum absolute atomic E-state index is 0.0129. The number of fused-ring (bicyclic) bond motifs is 2. The van der Waals surface area contributed by atoms with E-state index in [0.717, 1.165) is 5.69 Å². The van der Waals surface area contributed by atoms with Crippen molar-refractivity contribution in [2.45, 2.75) is 46.4 Å². The number of amides is 1. The van der Waals surface area contributed by atoms with Crippen LogP contribution in [-0.4, -0.2) is 47.7 Å². The number of hydrogen-bond donors (Lipinski definition) is 0. The van der Waals surface area contributed by atoms with E-state index in [9.17, 15) is 14.4 Å². The number of rotatable bonds is 3. The van der Waals surface area contributed by atoms with Crippen molar-refractivity contribution in [2.75, 3.05) is 6.54 Å². The molecule has 9 nitrogen and oxygen atoms in total. The van der Waals surface area contributed by atoms with Crippen LogP contribution in [0.4, 0.5) is 9.18 Å². The first-order chi connectivity index (χ1) is 17.4. The highest BCUT2D eigenvalue weighted by atomic mass is 35.5. The molecule has 0 spiro atoms. The van der Waals surface area contributed by atoms with Gasteiger partial charge >= 0.3 is 6.09 Å². The fourth-order valence-corrected chi connectivity index (χ4v) is 4.64. The van der Waals surface area contributed by atoms with Gasteiger partial charge < -0.3 is 18.8 Å². The molecule has 1 amide bonds. The van der Waals surface area contributed by atoms with Crippen LogP contribution in [0.2, 0.25) is 5.02 Å². The number of ether oxygens (including phenoxy) is 1. The molecule has 0 fully saturated rings. The third kappa shape index (κ3) is 4.42. The van der Waals surface area contributed by atoms with Gasteiger partial charge in [-0.05, 0) is 52.0 Å². The van der Waals surface area contributed by atoms with E-state index in [4.69, 9.17) is 16.3 Å². The first-order valence-corrected chi connectivity index (χ1v) is 12.1. The van der Waals surface area contributed by atoms with Crippen LogP contribution in [-0.2, 0) is 17.8 Å². The van der Waals surface area contributed by atoms with Crippen molar-refractivity contribution in [1.82, 2.24) is 23.6 Å². The Balaban J connectivity index is 1.50. The number of halogens is 2. The van der Waals surface area contributed by atoms with Crippen LogP contribution in [0.1, 0.15) is 42.5 Å². The van der Waals surface area contributed by atoms with Crippen molar-refractivity contribution in [3.8, 4) is 5.69 Å². The minimum atomic E-state index is -0.757. The molecule has 5 rings (SSSR count). The average Bonchev–Trinajstić information content (AvgIpc) is 3.41. The Labute approximate surface area is 216 Å². The highest BCUT2D eigenvalue weighted by Gasteiger charge is 2.29. The van der Waals surface area contributed by atoms with Gasteiger partial charge in [0, 0.05) is 43.0 Å². The number of pyridine rings is 1. The average molecular weight is 526 g/mol. The van der Waals surface area contributed by atoms with Crippen LogP contribution in [0.3, 0.4) is 0 Å². The first kappa shape index (κ1) is 24.8. The van der Waals surface area contributed by atoms with E-state index < -0.39 is 17.5 Å². The number of carbonyl (C=O) groups is 2. The molecule has 0 unspecified atom stereocenters. The van der Waals surface area contributed by atoms with Gasteiger partial charge in [-0.3, -0.25) is 14.2 Å². The maximum atomic E-state index is 15.2. The number of benzene rings is 1. The molecule has 0 atom stereocenters. The van der Waals surface area contributed by atoms with E-state index in [2.05, 4.69) is 4.98 Å². The maximum absolute atomic E-state index is 15.2. The SMILES string of the molecule is Cc1cn(-c2ccc3n(c2=O)CCN(Cc2cn(C(=O)OC(C)(C)C)c4ccc(Cl)c(F)c24)C3=O)cn1. The lowest BCUT2D eigenvalue weighted by Gasteiger charge is -2.29. The molecule has 0 N–H and O–H groups in total. The van der Waals surface area contributed by atoms with Crippen LogP contribution in [0.25, 0.3) is 16.6 Å². The Hall–Kier alpha value is -3.92. The quantitative estimate of drug-likeness (QED) is 0.392. The Morgan fingerprint density at radius 3 is 2.57 bits per heavy atom. The van der Waals surface area contributed by atoms with E-state index in [0.29, 0.717) is 11.3 Å². The van der Waals surface area contributed by atoms with Gasteiger partial charge in [-0.1, -0.05) is 11.6 Å². The zero-order chi connectivity index (χ0) is 26.6. The molecule has 0 saturated heterocycles. The summed E-state index contributed by atoms with van der Waals surface area (Å²) in [5.41, 5.74) is 1.01. The summed E-state index contributed by atoms with van der Waals surface area (Å²) in [4.78, 5) is 45.0. The molecule has 4 aromatic rings. The zero-order valence-corrected chi connectivity index (χ0v) is 21.5. The standard InChI is InChI=1S/C26H25ClFN5O4/c1-15-11-31(14-29-15)19-7-8-20-23(34)30(9-10-32(20)24(19)35)12-16-13-33(25(36)37-26(2,3)4)18-6-5-17(27)22(28)21(16)18/h5-8,11,13-14H,9-10,12H2,1-4H3. The Morgan fingerprint density at radius 1 is 1.14 bits per heavy atom. The van der Waals surface area contributed by atoms with Crippen molar-refractivity contribution < 1.29 is 18.7 Å². The number of imidazole rings is 1. The lowest BCUT2D eigenvalue weighted by molar-refractivity contribution is 0.0544. The van der Waals surface area contributed by atoms with Gasteiger partial charge in [0.05, 0.1) is 22.6 Å². The van der Waals surface area contributed by atoms with Crippen molar-refractivity contribution >= 4 is 34.5 Å². The van der Waals surface area contributed by atoms with Crippen molar-refractivity contribution in [3.05, 3.63) is 81.1 Å². The van der Waals surface area contributed by atoms with Crippen molar-refractivity contribution in [1.29, 1.82) is 0 Å². The molecule has 3 aromatic heterocycles. The second-order valence-corrected chi connectivity index (χ2v) is 10.4. The number of aryl methyl sites for hydroxylation is 1. The highest BCUT2D eigenvalue weighted by molar-refractivity contribution is 6.31. The van der Waals surface area contributed by atoms with Crippen LogP contribution < -0.4 is 5.56 Å². The summed E-state index contributed by atoms with van der Waals surface area (Å²) in [6, 6.07) is 6.10. The van der Waals surface area contributed by atoms with Crippen molar-refractivity contribution in [2.24, 2.45) is 0 Å². The Bertz CT molecular complexity index is 1630. The van der Waals surface area contributed by atoms with Gasteiger partial charge in [0.2, 0.25) is 0 Å². The summed E-state index contributed by atoms with van der Waals surface area (Å²) in [5, 5.41) is 0.0415. The number of nitrogens with zero attached hydrogens (tertiary/aromatic N) is 5. The number of aromatic nitrogens is 4. The third-order valence-corrected chi connectivity index (χ3v) is 6.43. The molecule has 0 saturated carbocycles. The molecule has 0 bridgehead atoms. The summed E-state index contributed by atoms with van der Waals surface area (Å²) < 4.78 is 24.9. The summed E-state index contributed by atoms with van der Waals surface area (Å²) in [5.74, 6) is -1.06. The molecule has 0 aliphatic carbocycles. The van der Waals surface area contributed by atoms with E-state index in [1.807, 2.05) is 6.92 Å². The molecule has 1 aromatic carbocycles. The molecule has 1 aliphatic rings. The largest absolute Gasteiger partial charge is 0.443 e. The Kier molecular flexibility index (Phi) is 5.94. The fraction of sp³-hybridized carbons (Fsp3) is 0.308. The van der Waals surface area contributed by atoms with Crippen LogP contribution in [0, 0.1) is 12.7 Å². The van der Waals surface area contributed by atoms with Gasteiger partial charge in [-0.2, -0.15) is 0 Å². The maximum Gasteiger partial charge on any atom is 0.419 e. The molecular weight excluding hydrogens is 501 g/mol. The smallest absolute Gasteiger partial charge is 0.419 e. The highest BCUT2D eigenvalue weighted by Crippen LogP contribution is 2.31. The van der Waals surface area contributed by atoms with Gasteiger partial charge in [-0.25, -0.2) is 14.2 Å². The van der Waals surface area contributed by atoms with Gasteiger partial charge in [0.1, 0.15) is 17.0 Å². The van der Waals surface area contributed by atoms with Gasteiger partial charge in [-0.15, -0.1) is 0 Å². The molecule has 0 radical (unpaired) electrons.